The van der Waals surface area contributed by atoms with E-state index < -0.39 is 254 Å². The second-order valence-corrected chi connectivity index (χ2v) is 33.7. The molecule has 33 N–H and O–H groups in total. The van der Waals surface area contributed by atoms with Crippen LogP contribution in [0.4, 0.5) is 0 Å². The van der Waals surface area contributed by atoms with Crippen molar-refractivity contribution in [3.05, 3.63) is 84.1 Å². The highest BCUT2D eigenvalue weighted by Gasteiger charge is 2.45. The number of nitrogens with two attached hydrogens (primary N) is 4. The van der Waals surface area contributed by atoms with Crippen LogP contribution in [0.15, 0.2) is 67.3 Å². The van der Waals surface area contributed by atoms with Gasteiger partial charge in [-0.1, -0.05) is 58.0 Å². The lowest BCUT2D eigenvalue weighted by atomic mass is 10.00. The fourth-order valence-corrected chi connectivity index (χ4v) is 15.1. The summed E-state index contributed by atoms with van der Waals surface area (Å²) in [6.45, 7) is 5.80. The zero-order chi connectivity index (χ0) is 99.2. The number of nitrogens with one attached hydrogen (secondary N) is 18. The number of carbonyl (C=O) groups is 17. The number of phenols is 1. The highest BCUT2D eigenvalue weighted by Crippen LogP contribution is 2.25. The van der Waals surface area contributed by atoms with Crippen molar-refractivity contribution in [2.24, 2.45) is 34.8 Å². The van der Waals surface area contributed by atoms with E-state index in [1.165, 1.54) is 55.5 Å². The molecule has 2 aliphatic rings. The van der Waals surface area contributed by atoms with Gasteiger partial charge in [-0.2, -0.15) is 0 Å². The molecule has 0 radical (unpaired) electrons. The van der Waals surface area contributed by atoms with Crippen molar-refractivity contribution in [3.63, 3.8) is 0 Å². The molecule has 2 aliphatic heterocycles. The van der Waals surface area contributed by atoms with Crippen LogP contribution in [0.25, 0.3) is 10.9 Å². The number of aliphatic carboxylic acids is 3. The fraction of sp³-hybridized carbons (Fsp3) is 0.576. The van der Waals surface area contributed by atoms with Gasteiger partial charge >= 0.3 is 17.9 Å². The number of aromatic hydroxyl groups is 1. The van der Waals surface area contributed by atoms with Crippen molar-refractivity contribution < 1.29 is 117 Å². The molecular formula is C85H129N25O24. The molecule has 49 nitrogen and oxygen atoms in total. The van der Waals surface area contributed by atoms with Gasteiger partial charge in [0.25, 0.3) is 0 Å². The lowest BCUT2D eigenvalue weighted by Gasteiger charge is -2.32. The second-order valence-electron chi connectivity index (χ2n) is 33.7. The van der Waals surface area contributed by atoms with Crippen molar-refractivity contribution in [3.8, 4) is 5.75 Å². The number of nitrogens with zero attached hydrogens (tertiary/aromatic N) is 3. The van der Waals surface area contributed by atoms with Crippen LogP contribution in [-0.4, -0.2) is 316 Å². The Bertz CT molecular complexity index is 4710. The number of para-hydroxylation sites is 1. The molecule has 2 saturated heterocycles. The number of imidazole rings is 1. The summed E-state index contributed by atoms with van der Waals surface area (Å²) in [6, 6.07) is -11.1. The normalized spacial score (nSPS) is 16.7. The number of H-pyrrole nitrogens is 2. The third-order valence-electron chi connectivity index (χ3n) is 22.4. The van der Waals surface area contributed by atoms with Crippen molar-refractivity contribution in [1.29, 1.82) is 10.8 Å². The molecule has 0 saturated carbocycles. The van der Waals surface area contributed by atoms with Crippen LogP contribution in [0, 0.1) is 22.7 Å². The Balaban J connectivity index is 1.24. The Labute approximate surface area is 771 Å². The van der Waals surface area contributed by atoms with E-state index in [-0.39, 0.29) is 134 Å². The number of likely N-dealkylation sites (tertiary alicyclic amines) is 2. The zero-order valence-corrected chi connectivity index (χ0v) is 75.3. The Morgan fingerprint density at radius 1 is 0.493 bits per heavy atom. The minimum atomic E-state index is -1.89. The summed E-state index contributed by atoms with van der Waals surface area (Å²) in [5.41, 5.74) is 24.5. The molecule has 2 aromatic heterocycles. The van der Waals surface area contributed by atoms with E-state index in [9.17, 15) is 103 Å². The maximum atomic E-state index is 15.2. The number of carboxylic acid groups (broad SMARTS) is 3. The molecule has 6 rings (SSSR count). The van der Waals surface area contributed by atoms with Gasteiger partial charge in [0.1, 0.15) is 96.4 Å². The minimum absolute atomic E-state index is 0.00350. The van der Waals surface area contributed by atoms with E-state index in [0.29, 0.717) is 34.9 Å². The summed E-state index contributed by atoms with van der Waals surface area (Å²) < 4.78 is 0. The molecule has 14 amide bonds. The minimum Gasteiger partial charge on any atom is -0.508 e. The molecule has 134 heavy (non-hydrogen) atoms. The summed E-state index contributed by atoms with van der Waals surface area (Å²) in [4.78, 5) is 250. The largest absolute Gasteiger partial charge is 0.508 e. The maximum absolute atomic E-state index is 15.2. The van der Waals surface area contributed by atoms with Crippen LogP contribution in [0.5, 0.6) is 5.75 Å². The summed E-state index contributed by atoms with van der Waals surface area (Å²) in [6.07, 6.45) is -0.734. The first-order valence-electron chi connectivity index (χ1n) is 44.3. The summed E-state index contributed by atoms with van der Waals surface area (Å²) in [7, 11) is 0. The molecule has 49 heteroatoms. The summed E-state index contributed by atoms with van der Waals surface area (Å²) >= 11 is 0. The number of carbonyl (C=O) groups excluding carboxylic acids is 14. The van der Waals surface area contributed by atoms with Crippen LogP contribution in [0.2, 0.25) is 0 Å². The van der Waals surface area contributed by atoms with Crippen molar-refractivity contribution >= 4 is 123 Å². The average Bonchev–Trinajstić information content (AvgIpc) is 1.79. The SMILES string of the molecule is CC(C)C[C@H](NC(=O)[C@@H](N)CO)C(=O)N[C@@H](CCCCN)C(=O)N[C@@H](Cc1ccc(O)cc1)C(=O)N1CCC[C@H]1C(=O)N[C@@H](CO)C(=O)N[C@@H](Cc1c[nH]c2ccccc12)C(=O)N[C@@H](CCCNC(=N)N)C(=O)N[C@H](C(=O)N[C@@H](CCCNC(=N)N)C(=O)N[C@H](C(=O)N1CCC[C@H]1C(=O)N[C@@H](Cc1cnc[nH]1)C(=O)N[C@@H](CCC(=O)O)C(=O)N[C@@H](CCC(=O)O)C(=O)O)[C@@H](C)O)C(C)C. The van der Waals surface area contributed by atoms with E-state index in [1.54, 1.807) is 44.3 Å². The van der Waals surface area contributed by atoms with Crippen LogP contribution < -0.4 is 97.4 Å². The van der Waals surface area contributed by atoms with Crippen LogP contribution >= 0.6 is 0 Å². The molecule has 0 unspecified atom stereocenters. The predicted molar refractivity (Wildman–Crippen MR) is 479 cm³/mol. The van der Waals surface area contributed by atoms with Crippen molar-refractivity contribution in [2.75, 3.05) is 45.9 Å². The molecule has 0 bridgehead atoms. The van der Waals surface area contributed by atoms with E-state index in [1.807, 2.05) is 0 Å². The lowest BCUT2D eigenvalue weighted by Crippen LogP contribution is -2.62. The number of rotatable bonds is 57. The first-order valence-corrected chi connectivity index (χ1v) is 44.3. The number of aliphatic hydroxyl groups excluding tert-OH is 3. The smallest absolute Gasteiger partial charge is 0.326 e. The topological polar surface area (TPSA) is 803 Å². The fourth-order valence-electron chi connectivity index (χ4n) is 15.1. The third kappa shape index (κ3) is 34.8. The molecule has 2 aromatic carbocycles. The molecule has 4 aromatic rings. The number of guanidine groups is 2. The molecule has 2 fully saturated rings. The van der Waals surface area contributed by atoms with Gasteiger partial charge in [0.05, 0.1) is 25.6 Å². The van der Waals surface area contributed by atoms with Gasteiger partial charge in [-0.15, -0.1) is 0 Å². The molecule has 0 aliphatic carbocycles. The first kappa shape index (κ1) is 109. The predicted octanol–water partition coefficient (Wildman–Crippen LogP) is -6.71. The van der Waals surface area contributed by atoms with Gasteiger partial charge in [-0.25, -0.2) is 9.78 Å². The molecule has 738 valence electrons. The lowest BCUT2D eigenvalue weighted by molar-refractivity contribution is -0.145. The molecule has 16 atom stereocenters. The number of unbranched alkanes of at least 4 members (excludes halogenated alkanes) is 1. The van der Waals surface area contributed by atoms with Crippen LogP contribution in [0.3, 0.4) is 0 Å². The van der Waals surface area contributed by atoms with E-state index >= 15 is 14.4 Å². The Morgan fingerprint density at radius 2 is 0.948 bits per heavy atom. The quantitative estimate of drug-likeness (QED) is 0.0111. The van der Waals surface area contributed by atoms with Crippen LogP contribution in [0.1, 0.15) is 154 Å². The monoisotopic (exact) mass is 1880 g/mol. The number of fused-ring (bicyclic) bond motifs is 1. The number of hydrogen-bond acceptors (Lipinski definition) is 26. The Hall–Kier alpha value is -13.7. The number of benzene rings is 2. The maximum Gasteiger partial charge on any atom is 0.326 e. The first-order chi connectivity index (χ1) is 63.5. The summed E-state index contributed by atoms with van der Waals surface area (Å²) in [5.74, 6) is -20.4. The highest BCUT2D eigenvalue weighted by molar-refractivity contribution is 6.02. The van der Waals surface area contributed by atoms with Gasteiger partial charge in [-0.3, -0.25) is 87.5 Å². The highest BCUT2D eigenvalue weighted by atomic mass is 16.4. The van der Waals surface area contributed by atoms with Gasteiger partial charge in [0.15, 0.2) is 11.9 Å². The van der Waals surface area contributed by atoms with Gasteiger partial charge in [-0.05, 0) is 145 Å². The number of phenolic OH excluding ortho intramolecular Hbond substituents is 1. The Kier molecular flexibility index (Phi) is 44.2. The Morgan fingerprint density at radius 3 is 1.45 bits per heavy atom. The average molecular weight is 1890 g/mol. The van der Waals surface area contributed by atoms with Crippen LogP contribution in [-0.2, 0) is 101 Å². The van der Waals surface area contributed by atoms with E-state index in [0.717, 1.165) is 11.8 Å². The number of amides is 14. The van der Waals surface area contributed by atoms with E-state index in [2.05, 4.69) is 89.4 Å². The van der Waals surface area contributed by atoms with Crippen molar-refractivity contribution in [1.82, 2.24) is 99.2 Å². The number of hydrogen-bond donors (Lipinski definition) is 29. The van der Waals surface area contributed by atoms with Gasteiger partial charge in [0.2, 0.25) is 82.7 Å². The number of carboxylic acids is 3. The molecule has 4 heterocycles. The number of aromatic amines is 2. The van der Waals surface area contributed by atoms with E-state index in [4.69, 9.17) is 33.8 Å². The summed E-state index contributed by atoms with van der Waals surface area (Å²) in [5, 5.41) is 122. The second kappa shape index (κ2) is 54.3. The number of aliphatic hydroxyl groups is 3. The third-order valence-corrected chi connectivity index (χ3v) is 22.4. The molecule has 0 spiro atoms. The number of aromatic nitrogens is 3. The molecular weight excluding hydrogens is 1760 g/mol. The zero-order valence-electron chi connectivity index (χ0n) is 75.3. The van der Waals surface area contributed by atoms with Gasteiger partial charge < -0.3 is 153 Å². The van der Waals surface area contributed by atoms with Gasteiger partial charge in [0, 0.05) is 87.3 Å². The standard InChI is InChI=1S/C85H129N25O24/c1-43(2)34-58(102-69(119)51(87)40-111)74(124)97-53(16-8-9-29-86)70(120)105-61(35-46-21-23-49(114)24-22-46)81(131)109-32-12-19-63(109)79(129)106-62(41-112)77(127)103-59(36-47-38-95-52-15-7-6-14-50(47)52)75(125)98-54(17-10-30-93-84(88)89)72(122)107-67(44(3)4)80(130)100-55(18-11-31-94-85(90)91)73(123)108-68(45(5)113)82(132)110-33-13-20-64(110)78(128)104-60(37-48-39-92-42-96-48)76(126)99-56(25-27-65(115)116)71(121)101-57(83(133)134)26-28-66(117)118/h6-7,14-15,21-24,38-39,42-45,51,53-64,67-68,95,111-114H,8-13,16-20,25-37,40-41,86-87H2,1-5H3,(H,92,96)(H,97,124)(H,98,125)(H,99,126)(H,100,130)(H,101,121)(H,102,119)(H,103,127)(H,104,128)(H,105,120)(H,106,129)(H,107,122)(H,108,123)(H,115,116)(H,117,118)(H,133,134)(H4,88,89,93)(H4,90,91,94)/t45-,51+,53+,54+,55+,56+,57+,58+,59+,60+,61+,62+,63+,64+,67+,68+/m1/s1. The van der Waals surface area contributed by atoms with Crippen molar-refractivity contribution in [2.45, 2.75) is 253 Å².